The lowest BCUT2D eigenvalue weighted by Crippen LogP contribution is -2.53. The topological polar surface area (TPSA) is 39.7 Å². The van der Waals surface area contributed by atoms with Gasteiger partial charge in [-0.3, -0.25) is 14.6 Å². The lowest BCUT2D eigenvalue weighted by Gasteiger charge is -2.39. The summed E-state index contributed by atoms with van der Waals surface area (Å²) >= 11 is 1.73. The maximum Gasteiger partial charge on any atom is 0.219 e. The van der Waals surface area contributed by atoms with Crippen molar-refractivity contribution in [2.75, 3.05) is 39.3 Å². The number of amides is 1. The lowest BCUT2D eigenvalue weighted by molar-refractivity contribution is -0.130. The standard InChI is InChI=1S/C16H26N4OS/c1-12-8-18(9-15-11-22-13(2)17-15)10-16(12)20-6-4-19(5-7-20)14(3)21/h11-12,16H,4-10H2,1-3H3/t12-,16-/m1/s1. The van der Waals surface area contributed by atoms with Crippen molar-refractivity contribution in [3.05, 3.63) is 16.1 Å². The van der Waals surface area contributed by atoms with E-state index >= 15 is 0 Å². The van der Waals surface area contributed by atoms with Gasteiger partial charge in [-0.1, -0.05) is 6.92 Å². The van der Waals surface area contributed by atoms with Crippen LogP contribution in [0.5, 0.6) is 0 Å². The van der Waals surface area contributed by atoms with Crippen molar-refractivity contribution in [1.82, 2.24) is 19.7 Å². The van der Waals surface area contributed by atoms with Crippen molar-refractivity contribution in [2.45, 2.75) is 33.4 Å². The number of aromatic nitrogens is 1. The Hall–Kier alpha value is -0.980. The molecule has 1 aromatic rings. The average Bonchev–Trinajstić information content (AvgIpc) is 3.05. The van der Waals surface area contributed by atoms with Crippen LogP contribution in [0.4, 0.5) is 0 Å². The summed E-state index contributed by atoms with van der Waals surface area (Å²) in [5.74, 6) is 0.892. The molecule has 2 fully saturated rings. The van der Waals surface area contributed by atoms with Gasteiger partial charge in [-0.15, -0.1) is 11.3 Å². The molecule has 5 nitrogen and oxygen atoms in total. The molecular formula is C16H26N4OS. The molecule has 0 bridgehead atoms. The first kappa shape index (κ1) is 15.9. The van der Waals surface area contributed by atoms with Gasteiger partial charge < -0.3 is 4.90 Å². The van der Waals surface area contributed by atoms with E-state index in [1.807, 2.05) is 4.90 Å². The summed E-state index contributed by atoms with van der Waals surface area (Å²) in [5.41, 5.74) is 1.21. The first-order valence-electron chi connectivity index (χ1n) is 8.16. The Bertz CT molecular complexity index is 524. The molecule has 1 aromatic heterocycles. The Balaban J connectivity index is 1.54. The van der Waals surface area contributed by atoms with Crippen LogP contribution in [0.1, 0.15) is 24.5 Å². The first-order chi connectivity index (χ1) is 10.5. The van der Waals surface area contributed by atoms with Gasteiger partial charge in [-0.05, 0) is 12.8 Å². The number of hydrogen-bond acceptors (Lipinski definition) is 5. The van der Waals surface area contributed by atoms with Gasteiger partial charge >= 0.3 is 0 Å². The van der Waals surface area contributed by atoms with Crippen molar-refractivity contribution >= 4 is 17.2 Å². The van der Waals surface area contributed by atoms with Gasteiger partial charge in [0.1, 0.15) is 0 Å². The highest BCUT2D eigenvalue weighted by Gasteiger charge is 2.35. The molecule has 2 atom stereocenters. The van der Waals surface area contributed by atoms with E-state index in [1.165, 1.54) is 5.69 Å². The molecule has 0 radical (unpaired) electrons. The van der Waals surface area contributed by atoms with Gasteiger partial charge in [-0.2, -0.15) is 0 Å². The largest absolute Gasteiger partial charge is 0.340 e. The molecule has 1 amide bonds. The van der Waals surface area contributed by atoms with Crippen LogP contribution in [-0.2, 0) is 11.3 Å². The highest BCUT2D eigenvalue weighted by atomic mass is 32.1. The first-order valence-corrected chi connectivity index (χ1v) is 9.04. The minimum Gasteiger partial charge on any atom is -0.340 e. The number of carbonyl (C=O) groups is 1. The Labute approximate surface area is 136 Å². The van der Waals surface area contributed by atoms with Crippen molar-refractivity contribution < 1.29 is 4.79 Å². The number of rotatable bonds is 3. The second-order valence-corrected chi connectivity index (χ2v) is 7.70. The summed E-state index contributed by atoms with van der Waals surface area (Å²) in [6.07, 6.45) is 0. The molecule has 0 aliphatic carbocycles. The lowest BCUT2D eigenvalue weighted by atomic mass is 10.0. The predicted octanol–water partition coefficient (Wildman–Crippen LogP) is 1.44. The maximum atomic E-state index is 11.4. The fourth-order valence-corrected chi connectivity index (χ4v) is 4.33. The summed E-state index contributed by atoms with van der Waals surface area (Å²) in [5, 5.41) is 3.33. The highest BCUT2D eigenvalue weighted by Crippen LogP contribution is 2.24. The van der Waals surface area contributed by atoms with Crippen LogP contribution in [-0.4, -0.2) is 70.9 Å². The molecule has 0 spiro atoms. The fraction of sp³-hybridized carbons (Fsp3) is 0.750. The third-order valence-electron chi connectivity index (χ3n) is 4.93. The van der Waals surface area contributed by atoms with Gasteiger partial charge in [-0.25, -0.2) is 4.98 Å². The molecule has 122 valence electrons. The molecule has 2 aliphatic rings. The van der Waals surface area contributed by atoms with Crippen molar-refractivity contribution in [1.29, 1.82) is 0 Å². The Morgan fingerprint density at radius 3 is 2.64 bits per heavy atom. The van der Waals surface area contributed by atoms with E-state index in [2.05, 4.69) is 34.0 Å². The molecule has 6 heteroatoms. The fourth-order valence-electron chi connectivity index (χ4n) is 3.73. The van der Waals surface area contributed by atoms with Crippen LogP contribution in [0.2, 0.25) is 0 Å². The van der Waals surface area contributed by atoms with Crippen LogP contribution in [0.25, 0.3) is 0 Å². The van der Waals surface area contributed by atoms with Gasteiger partial charge in [0.25, 0.3) is 0 Å². The molecule has 0 unspecified atom stereocenters. The summed E-state index contributed by atoms with van der Waals surface area (Å²) < 4.78 is 0. The smallest absolute Gasteiger partial charge is 0.219 e. The molecule has 0 N–H and O–H groups in total. The molecule has 2 aliphatic heterocycles. The zero-order valence-electron chi connectivity index (χ0n) is 13.8. The van der Waals surface area contributed by atoms with Crippen LogP contribution >= 0.6 is 11.3 Å². The number of hydrogen-bond donors (Lipinski definition) is 0. The predicted molar refractivity (Wildman–Crippen MR) is 88.9 cm³/mol. The zero-order chi connectivity index (χ0) is 15.7. The van der Waals surface area contributed by atoms with Gasteiger partial charge in [0.2, 0.25) is 5.91 Å². The molecule has 0 aromatic carbocycles. The van der Waals surface area contributed by atoms with E-state index in [1.54, 1.807) is 18.3 Å². The minimum absolute atomic E-state index is 0.208. The van der Waals surface area contributed by atoms with E-state index in [0.717, 1.165) is 50.8 Å². The third kappa shape index (κ3) is 3.50. The number of nitrogens with zero attached hydrogens (tertiary/aromatic N) is 4. The zero-order valence-corrected chi connectivity index (χ0v) is 14.6. The van der Waals surface area contributed by atoms with E-state index in [-0.39, 0.29) is 5.91 Å². The number of likely N-dealkylation sites (tertiary alicyclic amines) is 1. The van der Waals surface area contributed by atoms with E-state index in [4.69, 9.17) is 0 Å². The van der Waals surface area contributed by atoms with Gasteiger partial charge in [0.15, 0.2) is 0 Å². The number of piperazine rings is 1. The van der Waals surface area contributed by atoms with Crippen LogP contribution in [0.15, 0.2) is 5.38 Å². The van der Waals surface area contributed by atoms with E-state index < -0.39 is 0 Å². The van der Waals surface area contributed by atoms with Gasteiger partial charge in [0, 0.05) is 64.2 Å². The van der Waals surface area contributed by atoms with Crippen molar-refractivity contribution in [3.8, 4) is 0 Å². The average molecular weight is 322 g/mol. The quantitative estimate of drug-likeness (QED) is 0.844. The molecule has 2 saturated heterocycles. The Morgan fingerprint density at radius 2 is 2.05 bits per heavy atom. The molecular weight excluding hydrogens is 296 g/mol. The Morgan fingerprint density at radius 1 is 1.32 bits per heavy atom. The van der Waals surface area contributed by atoms with Crippen molar-refractivity contribution in [3.63, 3.8) is 0 Å². The molecule has 3 heterocycles. The number of carbonyl (C=O) groups excluding carboxylic acids is 1. The highest BCUT2D eigenvalue weighted by molar-refractivity contribution is 7.09. The van der Waals surface area contributed by atoms with E-state index in [9.17, 15) is 4.79 Å². The summed E-state index contributed by atoms with van der Waals surface area (Å²) in [7, 11) is 0. The third-order valence-corrected chi connectivity index (χ3v) is 5.75. The van der Waals surface area contributed by atoms with Gasteiger partial charge in [0.05, 0.1) is 10.7 Å². The second-order valence-electron chi connectivity index (χ2n) is 6.64. The normalized spacial score (nSPS) is 27.5. The SMILES string of the molecule is CC(=O)N1CCN([C@@H]2CN(Cc3csc(C)n3)C[C@H]2C)CC1. The number of aryl methyl sites for hydroxylation is 1. The van der Waals surface area contributed by atoms with Crippen LogP contribution < -0.4 is 0 Å². The summed E-state index contributed by atoms with van der Waals surface area (Å²) in [6.45, 7) is 13.1. The molecule has 22 heavy (non-hydrogen) atoms. The van der Waals surface area contributed by atoms with Crippen molar-refractivity contribution in [2.24, 2.45) is 5.92 Å². The molecule has 0 saturated carbocycles. The minimum atomic E-state index is 0.208. The maximum absolute atomic E-state index is 11.4. The summed E-state index contributed by atoms with van der Waals surface area (Å²) in [6, 6.07) is 0.619. The van der Waals surface area contributed by atoms with Crippen LogP contribution in [0, 0.1) is 12.8 Å². The number of thiazole rings is 1. The van der Waals surface area contributed by atoms with E-state index in [0.29, 0.717) is 12.0 Å². The monoisotopic (exact) mass is 322 g/mol. The summed E-state index contributed by atoms with van der Waals surface area (Å²) in [4.78, 5) is 23.1. The van der Waals surface area contributed by atoms with Crippen LogP contribution in [0.3, 0.4) is 0 Å². The second kappa shape index (κ2) is 6.64. The Kier molecular flexibility index (Phi) is 4.80. The molecule has 3 rings (SSSR count).